The molecule has 2 nitrogen and oxygen atoms in total. The largest absolute Gasteiger partial charge is 0.381 e. The van der Waals surface area contributed by atoms with E-state index in [-0.39, 0.29) is 12.1 Å². The van der Waals surface area contributed by atoms with Gasteiger partial charge in [0.15, 0.2) is 0 Å². The molecule has 2 N–H and O–H groups in total. The molecule has 0 aliphatic carbocycles. The molecular formula is C9H14BrNOS. The predicted molar refractivity (Wildman–Crippen MR) is 60.1 cm³/mol. The summed E-state index contributed by atoms with van der Waals surface area (Å²) >= 11 is 5.18. The van der Waals surface area contributed by atoms with Crippen molar-refractivity contribution in [1.29, 1.82) is 0 Å². The van der Waals surface area contributed by atoms with Crippen molar-refractivity contribution in [3.05, 3.63) is 20.8 Å². The van der Waals surface area contributed by atoms with Crippen LogP contribution in [0.2, 0.25) is 0 Å². The Kier molecular flexibility index (Phi) is 3.91. The Morgan fingerprint density at radius 2 is 2.23 bits per heavy atom. The first-order valence-electron chi connectivity index (χ1n) is 4.13. The first-order chi connectivity index (χ1) is 6.06. The van der Waals surface area contributed by atoms with E-state index in [1.54, 1.807) is 11.3 Å². The maximum Gasteiger partial charge on any atom is 0.0931 e. The zero-order valence-corrected chi connectivity index (χ0v) is 10.2. The summed E-state index contributed by atoms with van der Waals surface area (Å²) in [6.45, 7) is 5.15. The average Bonchev–Trinajstić information content (AvgIpc) is 2.49. The molecule has 0 radical (unpaired) electrons. The summed E-state index contributed by atoms with van der Waals surface area (Å²) in [5.41, 5.74) is 0.0828. The lowest BCUT2D eigenvalue weighted by atomic mass is 9.92. The Hall–Kier alpha value is 0.1000. The van der Waals surface area contributed by atoms with E-state index in [1.165, 1.54) is 4.88 Å². The van der Waals surface area contributed by atoms with Crippen molar-refractivity contribution in [1.82, 2.24) is 5.32 Å². The van der Waals surface area contributed by atoms with Gasteiger partial charge in [-0.15, -0.1) is 11.3 Å². The number of nitrogens with one attached hydrogen (secondary N) is 1. The number of aliphatic hydroxyl groups excluding tert-OH is 1. The lowest BCUT2D eigenvalue weighted by Crippen LogP contribution is -2.32. The second kappa shape index (κ2) is 4.55. The fourth-order valence-electron chi connectivity index (χ4n) is 1.13. The predicted octanol–water partition coefficient (Wildman–Crippen LogP) is 2.33. The number of thiophene rings is 1. The van der Waals surface area contributed by atoms with E-state index in [1.807, 2.05) is 0 Å². The van der Waals surface area contributed by atoms with Crippen LogP contribution in [0, 0.1) is 0 Å². The van der Waals surface area contributed by atoms with Crippen molar-refractivity contribution in [2.24, 2.45) is 0 Å². The van der Waals surface area contributed by atoms with Crippen molar-refractivity contribution in [3.8, 4) is 0 Å². The number of halogens is 1. The van der Waals surface area contributed by atoms with Crippen molar-refractivity contribution < 1.29 is 5.11 Å². The minimum Gasteiger partial charge on any atom is -0.381 e. The van der Waals surface area contributed by atoms with E-state index < -0.39 is 0 Å². The molecule has 0 amide bonds. The molecule has 1 rings (SSSR count). The Morgan fingerprint density at radius 3 is 2.69 bits per heavy atom. The third-order valence-electron chi connectivity index (χ3n) is 1.92. The van der Waals surface area contributed by atoms with Crippen LogP contribution >= 0.6 is 27.3 Å². The van der Waals surface area contributed by atoms with Crippen molar-refractivity contribution in [2.75, 3.05) is 13.3 Å². The molecule has 74 valence electrons. The van der Waals surface area contributed by atoms with Gasteiger partial charge < -0.3 is 5.11 Å². The van der Waals surface area contributed by atoms with E-state index in [0.29, 0.717) is 0 Å². The quantitative estimate of drug-likeness (QED) is 0.818. The summed E-state index contributed by atoms with van der Waals surface area (Å²) in [5.74, 6) is 0. The highest BCUT2D eigenvalue weighted by molar-refractivity contribution is 9.11. The molecule has 0 spiro atoms. The van der Waals surface area contributed by atoms with Gasteiger partial charge in [0, 0.05) is 16.8 Å². The van der Waals surface area contributed by atoms with E-state index in [4.69, 9.17) is 5.11 Å². The van der Waals surface area contributed by atoms with Gasteiger partial charge in [-0.05, 0) is 28.1 Å². The lowest BCUT2D eigenvalue weighted by molar-refractivity contribution is 0.248. The smallest absolute Gasteiger partial charge is 0.0931 e. The normalized spacial score (nSPS) is 12.0. The van der Waals surface area contributed by atoms with Crippen molar-refractivity contribution >= 4 is 27.3 Å². The number of aliphatic hydroxyl groups is 1. The Balaban J connectivity index is 2.68. The molecule has 0 aliphatic heterocycles. The Morgan fingerprint density at radius 1 is 1.54 bits per heavy atom. The second-order valence-corrected chi connectivity index (χ2v) is 6.04. The molecule has 1 heterocycles. The summed E-state index contributed by atoms with van der Waals surface area (Å²) < 4.78 is 1.15. The Bertz CT molecular complexity index is 272. The molecule has 0 aliphatic rings. The third-order valence-corrected chi connectivity index (χ3v) is 3.91. The molecule has 0 saturated heterocycles. The highest BCUT2D eigenvalue weighted by atomic mass is 79.9. The van der Waals surface area contributed by atoms with Crippen LogP contribution < -0.4 is 5.32 Å². The van der Waals surface area contributed by atoms with Crippen molar-refractivity contribution in [3.63, 3.8) is 0 Å². The van der Waals surface area contributed by atoms with Gasteiger partial charge in [-0.25, -0.2) is 0 Å². The van der Waals surface area contributed by atoms with Gasteiger partial charge >= 0.3 is 0 Å². The second-order valence-electron chi connectivity index (χ2n) is 3.57. The maximum absolute atomic E-state index is 8.66. The van der Waals surface area contributed by atoms with Crippen LogP contribution in [0.15, 0.2) is 15.9 Å². The van der Waals surface area contributed by atoms with E-state index in [0.717, 1.165) is 10.3 Å². The SMILES string of the molecule is CC(C)(CNCO)c1ccc(Br)s1. The van der Waals surface area contributed by atoms with Gasteiger partial charge in [0.1, 0.15) is 0 Å². The topological polar surface area (TPSA) is 32.3 Å². The summed E-state index contributed by atoms with van der Waals surface area (Å²) in [6, 6.07) is 4.18. The highest BCUT2D eigenvalue weighted by Crippen LogP contribution is 2.32. The number of hydrogen-bond acceptors (Lipinski definition) is 3. The fraction of sp³-hybridized carbons (Fsp3) is 0.556. The van der Waals surface area contributed by atoms with Gasteiger partial charge in [-0.3, -0.25) is 5.32 Å². The van der Waals surface area contributed by atoms with Gasteiger partial charge in [0.25, 0.3) is 0 Å². The van der Waals surface area contributed by atoms with Crippen LogP contribution in [-0.4, -0.2) is 18.4 Å². The van der Waals surface area contributed by atoms with E-state index >= 15 is 0 Å². The van der Waals surface area contributed by atoms with Gasteiger partial charge in [-0.1, -0.05) is 13.8 Å². The summed E-state index contributed by atoms with van der Waals surface area (Å²) in [5, 5.41) is 11.6. The first-order valence-corrected chi connectivity index (χ1v) is 5.74. The van der Waals surface area contributed by atoms with E-state index in [2.05, 4.69) is 47.2 Å². The minimum atomic E-state index is 0.0377. The van der Waals surface area contributed by atoms with Crippen LogP contribution in [0.25, 0.3) is 0 Å². The molecule has 0 aromatic carbocycles. The van der Waals surface area contributed by atoms with Gasteiger partial charge in [-0.2, -0.15) is 0 Å². The summed E-state index contributed by atoms with van der Waals surface area (Å²) in [6.07, 6.45) is 0. The molecule has 0 unspecified atom stereocenters. The van der Waals surface area contributed by atoms with E-state index in [9.17, 15) is 0 Å². The van der Waals surface area contributed by atoms with Crippen LogP contribution in [0.4, 0.5) is 0 Å². The molecule has 13 heavy (non-hydrogen) atoms. The monoisotopic (exact) mass is 263 g/mol. The molecule has 0 bridgehead atoms. The van der Waals surface area contributed by atoms with Crippen LogP contribution in [0.3, 0.4) is 0 Å². The molecule has 0 atom stereocenters. The average molecular weight is 264 g/mol. The summed E-state index contributed by atoms with van der Waals surface area (Å²) in [7, 11) is 0. The zero-order chi connectivity index (χ0) is 9.90. The number of rotatable bonds is 4. The summed E-state index contributed by atoms with van der Waals surface area (Å²) in [4.78, 5) is 1.32. The highest BCUT2D eigenvalue weighted by Gasteiger charge is 2.21. The first kappa shape index (κ1) is 11.2. The molecule has 1 aromatic rings. The molecule has 0 fully saturated rings. The van der Waals surface area contributed by atoms with Gasteiger partial charge in [0.2, 0.25) is 0 Å². The van der Waals surface area contributed by atoms with Gasteiger partial charge in [0.05, 0.1) is 10.5 Å². The molecule has 4 heteroatoms. The molecular weight excluding hydrogens is 250 g/mol. The number of hydrogen-bond donors (Lipinski definition) is 2. The van der Waals surface area contributed by atoms with Crippen LogP contribution in [0.1, 0.15) is 18.7 Å². The standard InChI is InChI=1S/C9H14BrNOS/c1-9(2,5-11-6-12)7-3-4-8(10)13-7/h3-4,11-12H,5-6H2,1-2H3. The van der Waals surface area contributed by atoms with Crippen LogP contribution in [0.5, 0.6) is 0 Å². The zero-order valence-electron chi connectivity index (χ0n) is 7.80. The minimum absolute atomic E-state index is 0.0377. The van der Waals surface area contributed by atoms with Crippen LogP contribution in [-0.2, 0) is 5.41 Å². The third kappa shape index (κ3) is 3.06. The molecule has 0 saturated carbocycles. The fourth-order valence-corrected chi connectivity index (χ4v) is 2.62. The van der Waals surface area contributed by atoms with Crippen molar-refractivity contribution in [2.45, 2.75) is 19.3 Å². The Labute approximate surface area is 91.1 Å². The molecule has 1 aromatic heterocycles. The lowest BCUT2D eigenvalue weighted by Gasteiger charge is -2.22. The maximum atomic E-state index is 8.66.